The Bertz CT molecular complexity index is 1390. The average Bonchev–Trinajstić information content (AvgIpc) is 3.14. The van der Waals surface area contributed by atoms with Crippen molar-refractivity contribution in [1.82, 2.24) is 0 Å². The van der Waals surface area contributed by atoms with Crippen molar-refractivity contribution in [3.63, 3.8) is 0 Å². The zero-order valence-corrected chi connectivity index (χ0v) is 32.5. The molecule has 4 rings (SSSR count). The molecule has 0 fully saturated rings. The number of benzene rings is 4. The van der Waals surface area contributed by atoms with Gasteiger partial charge in [0.05, 0.1) is 0 Å². The fourth-order valence-electron chi connectivity index (χ4n) is 7.57. The van der Waals surface area contributed by atoms with E-state index in [0.717, 1.165) is 24.2 Å². The van der Waals surface area contributed by atoms with Gasteiger partial charge in [0.25, 0.3) is 0 Å². The van der Waals surface area contributed by atoms with Gasteiger partial charge in [-0.1, -0.05) is 158 Å². The summed E-state index contributed by atoms with van der Waals surface area (Å²) in [6, 6.07) is 31.4. The molecule has 0 bridgehead atoms. The number of hydrogen-bond acceptors (Lipinski definition) is 2. The molecule has 276 valence electrons. The Hall–Kier alpha value is -3.52. The van der Waals surface area contributed by atoms with Crippen LogP contribution >= 0.6 is 0 Å². The van der Waals surface area contributed by atoms with Gasteiger partial charge in [0.2, 0.25) is 0 Å². The van der Waals surface area contributed by atoms with Gasteiger partial charge in [0.1, 0.15) is 0 Å². The summed E-state index contributed by atoms with van der Waals surface area (Å²) in [6.07, 6.45) is 29.8. The van der Waals surface area contributed by atoms with E-state index in [-0.39, 0.29) is 0 Å². The van der Waals surface area contributed by atoms with Crippen LogP contribution in [-0.2, 0) is 38.5 Å². The van der Waals surface area contributed by atoms with Gasteiger partial charge in [-0.15, -0.1) is 0 Å². The molecule has 0 unspecified atom stereocenters. The van der Waals surface area contributed by atoms with E-state index in [9.17, 15) is 0 Å². The third kappa shape index (κ3) is 15.7. The van der Waals surface area contributed by atoms with Crippen molar-refractivity contribution in [3.05, 3.63) is 129 Å². The van der Waals surface area contributed by atoms with E-state index < -0.39 is 0 Å². The topological polar surface area (TPSA) is 52.0 Å². The molecule has 0 atom stereocenters. The van der Waals surface area contributed by atoms with Crippen LogP contribution in [0.3, 0.4) is 0 Å². The number of rotatable bonds is 26. The van der Waals surface area contributed by atoms with Gasteiger partial charge in [0, 0.05) is 11.4 Å². The van der Waals surface area contributed by atoms with Crippen LogP contribution in [0.2, 0.25) is 0 Å². The smallest absolute Gasteiger partial charge is 0.0314 e. The van der Waals surface area contributed by atoms with Crippen LogP contribution in [0.15, 0.2) is 84.9 Å². The summed E-state index contributed by atoms with van der Waals surface area (Å²) in [7, 11) is 0. The van der Waals surface area contributed by atoms with Gasteiger partial charge in [-0.05, 0) is 133 Å². The summed E-state index contributed by atoms with van der Waals surface area (Å²) in [6.45, 7) is 4.59. The van der Waals surface area contributed by atoms with Gasteiger partial charge in [-0.25, -0.2) is 0 Å². The zero-order valence-electron chi connectivity index (χ0n) is 32.5. The van der Waals surface area contributed by atoms with Crippen molar-refractivity contribution in [2.45, 2.75) is 162 Å². The van der Waals surface area contributed by atoms with Crippen molar-refractivity contribution in [2.75, 3.05) is 11.5 Å². The lowest BCUT2D eigenvalue weighted by atomic mass is 9.92. The number of unbranched alkanes of at least 4 members (excludes halogenated alkanes) is 14. The lowest BCUT2D eigenvalue weighted by Gasteiger charge is -2.13. The summed E-state index contributed by atoms with van der Waals surface area (Å²) in [5.41, 5.74) is 25.4. The minimum absolute atomic E-state index is 0.843. The van der Waals surface area contributed by atoms with Crippen molar-refractivity contribution in [1.29, 1.82) is 0 Å². The monoisotopic (exact) mass is 687 g/mol. The number of nitrogens with two attached hydrogens (primary N) is 2. The fourth-order valence-corrected chi connectivity index (χ4v) is 7.57. The Morgan fingerprint density at radius 3 is 0.980 bits per heavy atom. The summed E-state index contributed by atoms with van der Waals surface area (Å²) in [4.78, 5) is 0. The maximum absolute atomic E-state index is 5.92. The molecular weight excluding hydrogens is 617 g/mol. The van der Waals surface area contributed by atoms with Gasteiger partial charge in [-0.2, -0.15) is 0 Å². The lowest BCUT2D eigenvalue weighted by Crippen LogP contribution is -1.99. The first-order chi connectivity index (χ1) is 25.0. The van der Waals surface area contributed by atoms with E-state index >= 15 is 0 Å². The van der Waals surface area contributed by atoms with E-state index in [2.05, 4.69) is 74.5 Å². The van der Waals surface area contributed by atoms with Crippen LogP contribution in [0.4, 0.5) is 11.4 Å². The first-order valence-electron chi connectivity index (χ1n) is 20.9. The third-order valence-electron chi connectivity index (χ3n) is 10.8. The third-order valence-corrected chi connectivity index (χ3v) is 10.8. The highest BCUT2D eigenvalue weighted by Crippen LogP contribution is 2.23. The normalized spacial score (nSPS) is 11.3. The van der Waals surface area contributed by atoms with Gasteiger partial charge >= 0.3 is 0 Å². The molecule has 4 aromatic carbocycles. The second kappa shape index (κ2) is 23.9. The van der Waals surface area contributed by atoms with E-state index in [1.165, 1.54) is 168 Å². The zero-order chi connectivity index (χ0) is 35.9. The maximum Gasteiger partial charge on any atom is 0.0314 e. The average molecular weight is 687 g/mol. The van der Waals surface area contributed by atoms with Crippen LogP contribution in [0.5, 0.6) is 0 Å². The predicted molar refractivity (Wildman–Crippen MR) is 225 cm³/mol. The molecule has 0 aliphatic carbocycles. The van der Waals surface area contributed by atoms with Crippen molar-refractivity contribution in [3.8, 4) is 0 Å². The molecule has 0 heterocycles. The molecular formula is C49H70N2. The Labute approximate surface area is 312 Å². The molecule has 2 heteroatoms. The molecule has 0 radical (unpaired) electrons. The van der Waals surface area contributed by atoms with Crippen LogP contribution in [-0.4, -0.2) is 0 Å². The SMILES string of the molecule is CCCCCc1cc(CCCCCCCCCCCCCc2ccc(Cc3ccc(N)cc3)c(CCCCC)c2)ccc1Cc1ccc(N)cc1. The lowest BCUT2D eigenvalue weighted by molar-refractivity contribution is 0.545. The van der Waals surface area contributed by atoms with E-state index in [1.807, 2.05) is 24.3 Å². The van der Waals surface area contributed by atoms with E-state index in [4.69, 9.17) is 11.5 Å². The predicted octanol–water partition coefficient (Wildman–Crippen LogP) is 13.6. The molecule has 4 N–H and O–H groups in total. The minimum Gasteiger partial charge on any atom is -0.399 e. The molecule has 0 saturated heterocycles. The molecule has 2 nitrogen and oxygen atoms in total. The minimum atomic E-state index is 0.843. The highest BCUT2D eigenvalue weighted by molar-refractivity contribution is 5.43. The summed E-state index contributed by atoms with van der Waals surface area (Å²) in [5, 5.41) is 0. The Balaban J connectivity index is 1.06. The highest BCUT2D eigenvalue weighted by atomic mass is 14.5. The van der Waals surface area contributed by atoms with E-state index in [1.54, 1.807) is 11.1 Å². The summed E-state index contributed by atoms with van der Waals surface area (Å²) in [5.74, 6) is 0. The second-order valence-corrected chi connectivity index (χ2v) is 15.3. The molecule has 0 aliphatic heterocycles. The molecule has 0 aliphatic rings. The molecule has 0 amide bonds. The molecule has 0 saturated carbocycles. The van der Waals surface area contributed by atoms with Crippen LogP contribution < -0.4 is 11.5 Å². The standard InChI is InChI=1S/C49H70N2/c1-3-5-16-22-44-36-40(24-30-46(44)38-42-26-32-48(50)33-27-42)20-18-14-12-10-8-7-9-11-13-15-19-21-41-25-31-47(45(37-41)23-17-6-4-2)39-43-28-34-49(51)35-29-43/h24-37H,3-23,38-39,50-51H2,1-2H3. The Morgan fingerprint density at radius 2 is 0.627 bits per heavy atom. The summed E-state index contributed by atoms with van der Waals surface area (Å²) < 4.78 is 0. The van der Waals surface area contributed by atoms with Crippen molar-refractivity contribution in [2.24, 2.45) is 0 Å². The largest absolute Gasteiger partial charge is 0.399 e. The van der Waals surface area contributed by atoms with Gasteiger partial charge in [-0.3, -0.25) is 0 Å². The Kier molecular flexibility index (Phi) is 18.8. The quantitative estimate of drug-likeness (QED) is 0.0510. The number of anilines is 2. The molecule has 4 aromatic rings. The molecule has 0 aromatic heterocycles. The number of hydrogen-bond donors (Lipinski definition) is 2. The van der Waals surface area contributed by atoms with Crippen LogP contribution in [0, 0.1) is 0 Å². The van der Waals surface area contributed by atoms with Crippen LogP contribution in [0.1, 0.15) is 168 Å². The summed E-state index contributed by atoms with van der Waals surface area (Å²) >= 11 is 0. The second-order valence-electron chi connectivity index (χ2n) is 15.3. The molecule has 51 heavy (non-hydrogen) atoms. The molecule has 0 spiro atoms. The first kappa shape index (κ1) is 40.3. The first-order valence-corrected chi connectivity index (χ1v) is 20.9. The Morgan fingerprint density at radius 1 is 0.314 bits per heavy atom. The van der Waals surface area contributed by atoms with E-state index in [0.29, 0.717) is 0 Å². The van der Waals surface area contributed by atoms with Crippen LogP contribution in [0.25, 0.3) is 0 Å². The van der Waals surface area contributed by atoms with Crippen molar-refractivity contribution >= 4 is 11.4 Å². The van der Waals surface area contributed by atoms with Gasteiger partial charge < -0.3 is 11.5 Å². The highest BCUT2D eigenvalue weighted by Gasteiger charge is 2.08. The number of nitrogen functional groups attached to an aromatic ring is 2. The van der Waals surface area contributed by atoms with Crippen molar-refractivity contribution < 1.29 is 0 Å². The number of aryl methyl sites for hydroxylation is 4. The van der Waals surface area contributed by atoms with Gasteiger partial charge in [0.15, 0.2) is 0 Å². The maximum atomic E-state index is 5.92. The fraction of sp³-hybridized carbons (Fsp3) is 0.510.